The number of rotatable bonds is 3. The number of thioether (sulfide) groups is 1. The number of hydrogen-bond acceptors (Lipinski definition) is 6. The quantitative estimate of drug-likeness (QED) is 0.818. The van der Waals surface area contributed by atoms with Gasteiger partial charge >= 0.3 is 0 Å². The Balaban J connectivity index is 1.32. The Morgan fingerprint density at radius 3 is 2.83 bits per heavy atom. The maximum Gasteiger partial charge on any atom is 0.266 e. The molecule has 4 heterocycles. The maximum absolute atomic E-state index is 13.5. The molecule has 2 atom stereocenters. The van der Waals surface area contributed by atoms with E-state index >= 15 is 0 Å². The van der Waals surface area contributed by atoms with Crippen molar-refractivity contribution in [2.75, 3.05) is 29.4 Å². The lowest BCUT2D eigenvalue weighted by molar-refractivity contribution is -0.114. The lowest BCUT2D eigenvalue weighted by Crippen LogP contribution is -2.37. The molecule has 0 aliphatic carbocycles. The lowest BCUT2D eigenvalue weighted by Gasteiger charge is -2.28. The number of carbonyl (C=O) groups excluding carboxylic acids is 1. The molecule has 0 radical (unpaired) electrons. The van der Waals surface area contributed by atoms with Gasteiger partial charge in [0.2, 0.25) is 0 Å². The number of aromatic nitrogens is 1. The van der Waals surface area contributed by atoms with Crippen LogP contribution in [0.5, 0.6) is 0 Å². The molecule has 30 heavy (non-hydrogen) atoms. The summed E-state index contributed by atoms with van der Waals surface area (Å²) in [6.45, 7) is 1.62. The summed E-state index contributed by atoms with van der Waals surface area (Å²) in [6.07, 6.45) is 2.28. The Hall–Kier alpha value is -3.05. The van der Waals surface area contributed by atoms with E-state index in [0.717, 1.165) is 17.1 Å². The highest BCUT2D eigenvalue weighted by molar-refractivity contribution is 8.04. The molecule has 1 amide bonds. The van der Waals surface area contributed by atoms with Gasteiger partial charge in [0.25, 0.3) is 5.91 Å². The van der Waals surface area contributed by atoms with Crippen LogP contribution in [0.4, 0.5) is 15.9 Å². The molecule has 1 aromatic carbocycles. The third-order valence-electron chi connectivity index (χ3n) is 5.68. The lowest BCUT2D eigenvalue weighted by atomic mass is 10.1. The zero-order chi connectivity index (χ0) is 20.7. The second-order valence-corrected chi connectivity index (χ2v) is 8.68. The van der Waals surface area contributed by atoms with Gasteiger partial charge in [0.1, 0.15) is 23.4 Å². The largest absolute Gasteiger partial charge is 0.371 e. The summed E-state index contributed by atoms with van der Waals surface area (Å²) in [5.41, 5.74) is 3.08. The van der Waals surface area contributed by atoms with Crippen molar-refractivity contribution in [1.82, 2.24) is 10.3 Å². The Morgan fingerprint density at radius 1 is 1.23 bits per heavy atom. The third-order valence-corrected chi connectivity index (χ3v) is 6.97. The molecular formula is C22H20FN5OS. The minimum absolute atomic E-state index is 0.0745. The highest BCUT2D eigenvalue weighted by Crippen LogP contribution is 2.44. The van der Waals surface area contributed by atoms with E-state index in [4.69, 9.17) is 0 Å². The Labute approximate surface area is 178 Å². The predicted octanol–water partition coefficient (Wildman–Crippen LogP) is 3.48. The van der Waals surface area contributed by atoms with Crippen LogP contribution in [0.15, 0.2) is 53.2 Å². The third kappa shape index (κ3) is 3.29. The van der Waals surface area contributed by atoms with Crippen LogP contribution >= 0.6 is 11.8 Å². The van der Waals surface area contributed by atoms with E-state index in [-0.39, 0.29) is 11.3 Å². The predicted molar refractivity (Wildman–Crippen MR) is 115 cm³/mol. The minimum atomic E-state index is -0.783. The van der Waals surface area contributed by atoms with Crippen molar-refractivity contribution < 1.29 is 9.18 Å². The van der Waals surface area contributed by atoms with Crippen molar-refractivity contribution in [3.8, 4) is 6.07 Å². The molecule has 1 saturated heterocycles. The molecule has 8 heteroatoms. The topological polar surface area (TPSA) is 72.3 Å². The summed E-state index contributed by atoms with van der Waals surface area (Å²) in [5.74, 6) is 0.713. The monoisotopic (exact) mass is 421 g/mol. The van der Waals surface area contributed by atoms with E-state index in [1.807, 2.05) is 29.2 Å². The van der Waals surface area contributed by atoms with Gasteiger partial charge < -0.3 is 15.1 Å². The Kier molecular flexibility index (Phi) is 4.83. The normalized spacial score (nSPS) is 23.4. The summed E-state index contributed by atoms with van der Waals surface area (Å²) in [5, 5.41) is 12.7. The van der Waals surface area contributed by atoms with Gasteiger partial charge in [0, 0.05) is 37.0 Å². The zero-order valence-corrected chi connectivity index (χ0v) is 17.0. The first-order valence-electron chi connectivity index (χ1n) is 9.96. The first-order chi connectivity index (χ1) is 14.6. The van der Waals surface area contributed by atoms with Crippen LogP contribution in [0.1, 0.15) is 29.3 Å². The van der Waals surface area contributed by atoms with E-state index in [2.05, 4.69) is 16.4 Å². The average molecular weight is 422 g/mol. The fraction of sp³-hybridized carbons (Fsp3) is 0.318. The zero-order valence-electron chi connectivity index (χ0n) is 16.2. The van der Waals surface area contributed by atoms with Gasteiger partial charge in [-0.15, -0.1) is 0 Å². The summed E-state index contributed by atoms with van der Waals surface area (Å²) in [4.78, 5) is 22.0. The van der Waals surface area contributed by atoms with Crippen molar-refractivity contribution in [2.24, 2.45) is 0 Å². The van der Waals surface area contributed by atoms with Gasteiger partial charge in [-0.2, -0.15) is 5.26 Å². The summed E-state index contributed by atoms with van der Waals surface area (Å²) in [6, 6.07) is 13.3. The van der Waals surface area contributed by atoms with E-state index in [9.17, 15) is 14.4 Å². The van der Waals surface area contributed by atoms with Crippen molar-refractivity contribution >= 4 is 29.2 Å². The van der Waals surface area contributed by atoms with Gasteiger partial charge in [-0.05, 0) is 24.6 Å². The van der Waals surface area contributed by atoms with Crippen LogP contribution in [0, 0.1) is 11.3 Å². The molecule has 3 aliphatic heterocycles. The van der Waals surface area contributed by atoms with E-state index < -0.39 is 6.17 Å². The number of benzene rings is 1. The molecule has 5 rings (SSSR count). The number of anilines is 2. The molecule has 1 N–H and O–H groups in total. The highest BCUT2D eigenvalue weighted by atomic mass is 32.2. The van der Waals surface area contributed by atoms with Crippen molar-refractivity contribution in [2.45, 2.75) is 24.4 Å². The van der Waals surface area contributed by atoms with Crippen LogP contribution in [-0.4, -0.2) is 36.7 Å². The number of nitrogens with zero attached hydrogens (tertiary/aromatic N) is 4. The molecule has 152 valence electrons. The van der Waals surface area contributed by atoms with Gasteiger partial charge in [-0.1, -0.05) is 30.0 Å². The number of alkyl halides is 1. The van der Waals surface area contributed by atoms with Crippen LogP contribution in [0.3, 0.4) is 0 Å². The van der Waals surface area contributed by atoms with Crippen molar-refractivity contribution in [3.05, 3.63) is 64.3 Å². The number of carbonyl (C=O) groups is 1. The Morgan fingerprint density at radius 2 is 2.10 bits per heavy atom. The van der Waals surface area contributed by atoms with E-state index in [1.165, 1.54) is 11.8 Å². The van der Waals surface area contributed by atoms with Gasteiger partial charge in [-0.25, -0.2) is 9.37 Å². The second kappa shape index (κ2) is 7.65. The number of amides is 1. The van der Waals surface area contributed by atoms with Gasteiger partial charge in [0.15, 0.2) is 0 Å². The molecule has 0 spiro atoms. The fourth-order valence-electron chi connectivity index (χ4n) is 4.11. The first kappa shape index (κ1) is 18.9. The SMILES string of the molecule is N#Cc1ccccc1N1CCC2=C(SC(c3ccc(N4CCC(F)C4)nc3)N2)C1=O. The van der Waals surface area contributed by atoms with E-state index in [1.54, 1.807) is 23.2 Å². The standard InChI is InChI=1S/C22H20FN5OS/c23-16-7-9-27(13-16)19-6-5-15(12-25-19)21-26-17-8-10-28(22(29)20(17)30-21)18-4-2-1-3-14(18)11-24/h1-6,12,16,21,26H,7-10,13H2. The molecule has 2 unspecified atom stereocenters. The molecule has 3 aliphatic rings. The molecule has 0 saturated carbocycles. The van der Waals surface area contributed by atoms with Gasteiger partial charge in [-0.3, -0.25) is 4.79 Å². The number of halogens is 1. The summed E-state index contributed by atoms with van der Waals surface area (Å²) < 4.78 is 13.5. The number of para-hydroxylation sites is 1. The van der Waals surface area contributed by atoms with Crippen molar-refractivity contribution in [1.29, 1.82) is 5.26 Å². The molecule has 0 bridgehead atoms. The van der Waals surface area contributed by atoms with Gasteiger partial charge in [0.05, 0.1) is 22.7 Å². The second-order valence-electron chi connectivity index (χ2n) is 7.57. The smallest absolute Gasteiger partial charge is 0.266 e. The van der Waals surface area contributed by atoms with E-state index in [0.29, 0.717) is 48.6 Å². The molecular weight excluding hydrogens is 401 g/mol. The summed E-state index contributed by atoms with van der Waals surface area (Å²) >= 11 is 1.49. The average Bonchev–Trinajstić information content (AvgIpc) is 3.41. The van der Waals surface area contributed by atoms with Crippen LogP contribution in [0.2, 0.25) is 0 Å². The maximum atomic E-state index is 13.5. The minimum Gasteiger partial charge on any atom is -0.371 e. The highest BCUT2D eigenvalue weighted by Gasteiger charge is 2.37. The number of pyridine rings is 1. The number of nitrogens with one attached hydrogen (secondary N) is 1. The molecule has 1 aromatic heterocycles. The first-order valence-corrected chi connectivity index (χ1v) is 10.8. The molecule has 6 nitrogen and oxygen atoms in total. The van der Waals surface area contributed by atoms with Crippen LogP contribution in [0.25, 0.3) is 0 Å². The molecule has 1 fully saturated rings. The van der Waals surface area contributed by atoms with Crippen LogP contribution in [-0.2, 0) is 4.79 Å². The fourth-order valence-corrected chi connectivity index (χ4v) is 5.33. The number of hydrogen-bond donors (Lipinski definition) is 1. The number of nitriles is 1. The Bertz CT molecular complexity index is 1060. The van der Waals surface area contributed by atoms with Crippen LogP contribution < -0.4 is 15.1 Å². The van der Waals surface area contributed by atoms with Crippen molar-refractivity contribution in [3.63, 3.8) is 0 Å². The molecule has 2 aromatic rings. The summed E-state index contributed by atoms with van der Waals surface area (Å²) in [7, 11) is 0.